The molecule has 18 heavy (non-hydrogen) atoms. The molecule has 0 fully saturated rings. The second-order valence-corrected chi connectivity index (χ2v) is 4.43. The van der Waals surface area contributed by atoms with E-state index in [0.29, 0.717) is 16.9 Å². The van der Waals surface area contributed by atoms with Crippen LogP contribution in [0.3, 0.4) is 0 Å². The number of carbonyl (C=O) groups is 1. The summed E-state index contributed by atoms with van der Waals surface area (Å²) in [6.07, 6.45) is 2.96. The molecule has 0 N–H and O–H groups in total. The van der Waals surface area contributed by atoms with E-state index in [0.717, 1.165) is 0 Å². The van der Waals surface area contributed by atoms with Gasteiger partial charge >= 0.3 is 0 Å². The Hall–Kier alpha value is -1.75. The number of ether oxygens (including phenoxy) is 1. The molecule has 92 valence electrons. The predicted molar refractivity (Wildman–Crippen MR) is 68.3 cm³/mol. The fourth-order valence-corrected chi connectivity index (χ4v) is 1.84. The SMILES string of the molecule is COc1cncc(C(=O)c2ccc(F)c(Br)c2)c1. The second-order valence-electron chi connectivity index (χ2n) is 3.57. The smallest absolute Gasteiger partial charge is 0.194 e. The van der Waals surface area contributed by atoms with Crippen molar-refractivity contribution in [3.05, 3.63) is 58.1 Å². The van der Waals surface area contributed by atoms with Crippen molar-refractivity contribution >= 4 is 21.7 Å². The highest BCUT2D eigenvalue weighted by Crippen LogP contribution is 2.20. The number of rotatable bonds is 3. The number of pyridine rings is 1. The summed E-state index contributed by atoms with van der Waals surface area (Å²) in [4.78, 5) is 16.0. The molecule has 1 aromatic carbocycles. The molecule has 0 saturated heterocycles. The fourth-order valence-electron chi connectivity index (χ4n) is 1.46. The number of benzene rings is 1. The summed E-state index contributed by atoms with van der Waals surface area (Å²) >= 11 is 3.05. The van der Waals surface area contributed by atoms with Crippen LogP contribution in [-0.4, -0.2) is 17.9 Å². The molecule has 0 saturated carbocycles. The zero-order valence-electron chi connectivity index (χ0n) is 9.48. The summed E-state index contributed by atoms with van der Waals surface area (Å²) in [5.41, 5.74) is 0.784. The van der Waals surface area contributed by atoms with Crippen molar-refractivity contribution in [1.82, 2.24) is 4.98 Å². The van der Waals surface area contributed by atoms with Crippen LogP contribution in [-0.2, 0) is 0 Å². The topological polar surface area (TPSA) is 39.2 Å². The van der Waals surface area contributed by atoms with Crippen molar-refractivity contribution in [3.8, 4) is 5.75 Å². The number of ketones is 1. The van der Waals surface area contributed by atoms with Crippen molar-refractivity contribution in [2.45, 2.75) is 0 Å². The quantitative estimate of drug-likeness (QED) is 0.817. The fraction of sp³-hybridized carbons (Fsp3) is 0.0769. The molecule has 0 atom stereocenters. The van der Waals surface area contributed by atoms with Gasteiger partial charge < -0.3 is 4.74 Å². The van der Waals surface area contributed by atoms with E-state index in [4.69, 9.17) is 4.74 Å². The lowest BCUT2D eigenvalue weighted by atomic mass is 10.1. The Morgan fingerprint density at radius 1 is 1.28 bits per heavy atom. The first-order valence-electron chi connectivity index (χ1n) is 5.10. The molecule has 0 aliphatic heterocycles. The molecule has 2 rings (SSSR count). The molecule has 5 heteroatoms. The molecule has 0 radical (unpaired) electrons. The normalized spacial score (nSPS) is 10.2. The third kappa shape index (κ3) is 2.56. The molecule has 1 aromatic heterocycles. The molecule has 0 aliphatic rings. The Morgan fingerprint density at radius 2 is 2.06 bits per heavy atom. The van der Waals surface area contributed by atoms with Gasteiger partial charge in [0.2, 0.25) is 0 Å². The van der Waals surface area contributed by atoms with Crippen molar-refractivity contribution in [3.63, 3.8) is 0 Å². The number of aromatic nitrogens is 1. The van der Waals surface area contributed by atoms with Crippen molar-refractivity contribution in [1.29, 1.82) is 0 Å². The molecule has 0 bridgehead atoms. The van der Waals surface area contributed by atoms with Crippen LogP contribution in [0.5, 0.6) is 5.75 Å². The number of methoxy groups -OCH3 is 1. The Kier molecular flexibility index (Phi) is 3.72. The number of nitrogens with zero attached hydrogens (tertiary/aromatic N) is 1. The maximum absolute atomic E-state index is 13.1. The highest BCUT2D eigenvalue weighted by molar-refractivity contribution is 9.10. The first-order valence-corrected chi connectivity index (χ1v) is 5.90. The van der Waals surface area contributed by atoms with E-state index >= 15 is 0 Å². The molecular formula is C13H9BrFNO2. The highest BCUT2D eigenvalue weighted by Gasteiger charge is 2.12. The molecule has 0 unspecified atom stereocenters. The molecule has 2 aromatic rings. The zero-order valence-corrected chi connectivity index (χ0v) is 11.1. The Labute approximate surface area is 112 Å². The summed E-state index contributed by atoms with van der Waals surface area (Å²) in [6.45, 7) is 0. The van der Waals surface area contributed by atoms with Gasteiger partial charge in [0.15, 0.2) is 5.78 Å². The van der Waals surface area contributed by atoms with Crippen LogP contribution >= 0.6 is 15.9 Å². The average Bonchev–Trinajstić information content (AvgIpc) is 2.41. The minimum atomic E-state index is -0.407. The van der Waals surface area contributed by atoms with Crippen LogP contribution in [0, 0.1) is 5.82 Å². The Morgan fingerprint density at radius 3 is 2.72 bits per heavy atom. The summed E-state index contributed by atoms with van der Waals surface area (Å²) in [5, 5.41) is 0. The van der Waals surface area contributed by atoms with E-state index in [2.05, 4.69) is 20.9 Å². The monoisotopic (exact) mass is 309 g/mol. The lowest BCUT2D eigenvalue weighted by Gasteiger charge is -2.04. The van der Waals surface area contributed by atoms with Crippen LogP contribution in [0.2, 0.25) is 0 Å². The third-order valence-electron chi connectivity index (χ3n) is 2.39. The third-order valence-corrected chi connectivity index (χ3v) is 3.00. The van der Waals surface area contributed by atoms with Crippen LogP contribution in [0.1, 0.15) is 15.9 Å². The number of carbonyl (C=O) groups excluding carboxylic acids is 1. The van der Waals surface area contributed by atoms with Gasteiger partial charge in [0.1, 0.15) is 11.6 Å². The summed E-state index contributed by atoms with van der Waals surface area (Å²) in [6, 6.07) is 5.70. The first-order chi connectivity index (χ1) is 8.61. The lowest BCUT2D eigenvalue weighted by molar-refractivity contribution is 0.103. The van der Waals surface area contributed by atoms with Gasteiger partial charge in [0.05, 0.1) is 17.8 Å². The Balaban J connectivity index is 2.38. The molecule has 0 aliphatic carbocycles. The first kappa shape index (κ1) is 12.7. The lowest BCUT2D eigenvalue weighted by Crippen LogP contribution is -2.02. The largest absolute Gasteiger partial charge is 0.495 e. The molecule has 0 amide bonds. The van der Waals surface area contributed by atoms with Gasteiger partial charge in [-0.2, -0.15) is 0 Å². The van der Waals surface area contributed by atoms with E-state index in [1.807, 2.05) is 0 Å². The van der Waals surface area contributed by atoms with E-state index in [9.17, 15) is 9.18 Å². The van der Waals surface area contributed by atoms with E-state index in [1.54, 1.807) is 6.07 Å². The van der Waals surface area contributed by atoms with Crippen LogP contribution < -0.4 is 4.74 Å². The van der Waals surface area contributed by atoms with Gasteiger partial charge in [-0.15, -0.1) is 0 Å². The second kappa shape index (κ2) is 5.27. The molecular weight excluding hydrogens is 301 g/mol. The van der Waals surface area contributed by atoms with Gasteiger partial charge in [0, 0.05) is 17.3 Å². The van der Waals surface area contributed by atoms with Gasteiger partial charge in [-0.25, -0.2) is 4.39 Å². The van der Waals surface area contributed by atoms with Gasteiger partial charge in [-0.1, -0.05) is 0 Å². The minimum absolute atomic E-state index is 0.234. The Bertz CT molecular complexity index is 601. The average molecular weight is 310 g/mol. The minimum Gasteiger partial charge on any atom is -0.495 e. The van der Waals surface area contributed by atoms with Gasteiger partial charge in [-0.05, 0) is 40.2 Å². The summed E-state index contributed by atoms with van der Waals surface area (Å²) in [7, 11) is 1.50. The maximum Gasteiger partial charge on any atom is 0.194 e. The molecule has 1 heterocycles. The van der Waals surface area contributed by atoms with Crippen LogP contribution in [0.15, 0.2) is 41.1 Å². The predicted octanol–water partition coefficient (Wildman–Crippen LogP) is 3.22. The molecule has 3 nitrogen and oxygen atoms in total. The van der Waals surface area contributed by atoms with Crippen molar-refractivity contribution < 1.29 is 13.9 Å². The van der Waals surface area contributed by atoms with Crippen molar-refractivity contribution in [2.24, 2.45) is 0 Å². The van der Waals surface area contributed by atoms with E-state index < -0.39 is 5.82 Å². The maximum atomic E-state index is 13.1. The number of hydrogen-bond donors (Lipinski definition) is 0. The number of hydrogen-bond acceptors (Lipinski definition) is 3. The van der Waals surface area contributed by atoms with Gasteiger partial charge in [0.25, 0.3) is 0 Å². The van der Waals surface area contributed by atoms with E-state index in [-0.39, 0.29) is 10.3 Å². The zero-order chi connectivity index (χ0) is 13.1. The summed E-state index contributed by atoms with van der Waals surface area (Å²) in [5.74, 6) is -0.139. The van der Waals surface area contributed by atoms with Crippen LogP contribution in [0.4, 0.5) is 4.39 Å². The standard InChI is InChI=1S/C13H9BrFNO2/c1-18-10-4-9(6-16-7-10)13(17)8-2-3-12(15)11(14)5-8/h2-7H,1H3. The number of halogens is 2. The van der Waals surface area contributed by atoms with E-state index in [1.165, 1.54) is 37.7 Å². The highest BCUT2D eigenvalue weighted by atomic mass is 79.9. The van der Waals surface area contributed by atoms with Crippen LogP contribution in [0.25, 0.3) is 0 Å². The van der Waals surface area contributed by atoms with Crippen molar-refractivity contribution in [2.75, 3.05) is 7.11 Å². The molecule has 0 spiro atoms. The summed E-state index contributed by atoms with van der Waals surface area (Å²) < 4.78 is 18.3. The van der Waals surface area contributed by atoms with Gasteiger partial charge in [-0.3, -0.25) is 9.78 Å².